The van der Waals surface area contributed by atoms with E-state index in [2.05, 4.69) is 0 Å². The Morgan fingerprint density at radius 1 is 0.464 bits per heavy atom. The van der Waals surface area contributed by atoms with Crippen molar-refractivity contribution in [1.82, 2.24) is 0 Å². The van der Waals surface area contributed by atoms with E-state index in [1.165, 1.54) is 0 Å². The lowest BCUT2D eigenvalue weighted by molar-refractivity contribution is 0.0721. The lowest BCUT2D eigenvalue weighted by atomic mass is 10.9. The number of rotatable bonds is 21. The Balaban J connectivity index is 4.14. The van der Waals surface area contributed by atoms with Crippen molar-refractivity contribution in [2.75, 3.05) is 51.1 Å². The Labute approximate surface area is 189 Å². The van der Waals surface area contributed by atoms with Gasteiger partial charge in [-0.25, -0.2) is 0 Å². The molecule has 0 saturated heterocycles. The van der Waals surface area contributed by atoms with Crippen LogP contribution in [0.2, 0.25) is 12.1 Å². The van der Waals surface area contributed by atoms with Gasteiger partial charge in [0.05, 0.1) is 0 Å². The van der Waals surface area contributed by atoms with E-state index in [1.54, 1.807) is 19.7 Å². The van der Waals surface area contributed by atoms with E-state index >= 15 is 0 Å². The summed E-state index contributed by atoms with van der Waals surface area (Å²) in [6, 6.07) is 1.67. The summed E-state index contributed by atoms with van der Waals surface area (Å²) in [5.41, 5.74) is 0. The van der Waals surface area contributed by atoms with Crippen LogP contribution in [0.25, 0.3) is 0 Å². The van der Waals surface area contributed by atoms with Gasteiger partial charge in [-0.3, -0.25) is 0 Å². The highest BCUT2D eigenvalue weighted by molar-refractivity contribution is 9.26. The molecule has 0 saturated carbocycles. The van der Waals surface area contributed by atoms with Crippen LogP contribution in [0.4, 0.5) is 0 Å². The first-order valence-corrected chi connectivity index (χ1v) is 19.0. The fourth-order valence-corrected chi connectivity index (χ4v) is 15.5. The molecule has 0 amide bonds. The van der Waals surface area contributed by atoms with Gasteiger partial charge in [0.1, 0.15) is 0 Å². The second kappa shape index (κ2) is 19.3. The molecule has 0 aliphatic carbocycles. The van der Waals surface area contributed by atoms with E-state index in [0.29, 0.717) is 39.6 Å². The summed E-state index contributed by atoms with van der Waals surface area (Å²) in [5.74, 6) is 1.89. The Kier molecular flexibility index (Phi) is 20.4. The van der Waals surface area contributed by atoms with Gasteiger partial charge in [-0.1, -0.05) is 21.6 Å². The summed E-state index contributed by atoms with van der Waals surface area (Å²) in [5, 5.41) is 0. The molecule has 0 bridgehead atoms. The van der Waals surface area contributed by atoms with Crippen LogP contribution < -0.4 is 0 Å². The van der Waals surface area contributed by atoms with Gasteiger partial charge >= 0.3 is 17.6 Å². The quantitative estimate of drug-likeness (QED) is 0.108. The number of hydrogen-bond donors (Lipinski definition) is 0. The molecule has 0 atom stereocenters. The number of hydrogen-bond acceptors (Lipinski definition) is 10. The molecule has 0 fully saturated rings. The monoisotopic (exact) mass is 510 g/mol. The molecular formula is C16H38O6S4Si2. The van der Waals surface area contributed by atoms with Crippen molar-refractivity contribution in [3.05, 3.63) is 0 Å². The Hall–Kier alpha value is 1.59. The zero-order valence-electron chi connectivity index (χ0n) is 18.2. The Bertz CT molecular complexity index is 295. The highest BCUT2D eigenvalue weighted by Crippen LogP contribution is 2.44. The molecule has 170 valence electrons. The van der Waals surface area contributed by atoms with E-state index in [4.69, 9.17) is 26.6 Å². The summed E-state index contributed by atoms with van der Waals surface area (Å²) in [6.07, 6.45) is 0. The second-order valence-corrected chi connectivity index (χ2v) is 16.9. The highest BCUT2D eigenvalue weighted by atomic mass is 33.7. The van der Waals surface area contributed by atoms with Crippen LogP contribution in [0, 0.1) is 0 Å². The molecule has 0 aromatic carbocycles. The molecule has 0 spiro atoms. The average molecular weight is 511 g/mol. The van der Waals surface area contributed by atoms with Crippen molar-refractivity contribution in [1.29, 1.82) is 0 Å². The van der Waals surface area contributed by atoms with Crippen LogP contribution in [0.5, 0.6) is 0 Å². The van der Waals surface area contributed by atoms with Gasteiger partial charge in [-0.05, 0) is 61.2 Å². The van der Waals surface area contributed by atoms with Crippen molar-refractivity contribution in [3.8, 4) is 0 Å². The Morgan fingerprint density at radius 2 is 0.714 bits per heavy atom. The van der Waals surface area contributed by atoms with E-state index in [-0.39, 0.29) is 0 Å². The average Bonchev–Trinajstić information content (AvgIpc) is 2.65. The van der Waals surface area contributed by atoms with Crippen LogP contribution in [0.3, 0.4) is 0 Å². The van der Waals surface area contributed by atoms with Crippen LogP contribution >= 0.6 is 41.2 Å². The third-order valence-electron chi connectivity index (χ3n) is 3.29. The highest BCUT2D eigenvalue weighted by Gasteiger charge is 2.40. The molecular weight excluding hydrogens is 473 g/mol. The van der Waals surface area contributed by atoms with Crippen LogP contribution in [0.15, 0.2) is 0 Å². The predicted molar refractivity (Wildman–Crippen MR) is 131 cm³/mol. The smallest absolute Gasteiger partial charge is 0.374 e. The maximum atomic E-state index is 5.88. The van der Waals surface area contributed by atoms with Gasteiger partial charge in [-0.2, -0.15) is 0 Å². The molecule has 0 aliphatic rings. The largest absolute Gasteiger partial charge is 0.501 e. The standard InChI is InChI=1S/C16H38O6S4Si2/c1-7-17-27(18-8-2,19-9-3)15-13-23-25-26-24-14-16-28(20-10-4,21-11-5)22-12-6/h7-16H2,1-6H3. The first kappa shape index (κ1) is 29.6. The van der Waals surface area contributed by atoms with Crippen molar-refractivity contribution in [3.63, 3.8) is 0 Å². The fourth-order valence-electron chi connectivity index (χ4n) is 2.44. The van der Waals surface area contributed by atoms with Gasteiger partial charge in [0.25, 0.3) is 0 Å². The third kappa shape index (κ3) is 13.1. The molecule has 0 heterocycles. The van der Waals surface area contributed by atoms with Gasteiger partial charge in [0.2, 0.25) is 0 Å². The van der Waals surface area contributed by atoms with Gasteiger partial charge < -0.3 is 26.6 Å². The minimum Gasteiger partial charge on any atom is -0.374 e. The maximum Gasteiger partial charge on any atom is 0.501 e. The molecule has 28 heavy (non-hydrogen) atoms. The lowest BCUT2D eigenvalue weighted by Crippen LogP contribution is -2.46. The second-order valence-electron chi connectivity index (χ2n) is 5.24. The minimum absolute atomic E-state index is 0.625. The molecule has 6 nitrogen and oxygen atoms in total. The SMILES string of the molecule is CCO[Si](CCSSSSCC[Si](OCC)(OCC)OCC)(OCC)OCC. The minimum atomic E-state index is -2.52. The summed E-state index contributed by atoms with van der Waals surface area (Å²) in [7, 11) is 2.17. The van der Waals surface area contributed by atoms with Gasteiger partial charge in [-0.15, -0.1) is 0 Å². The summed E-state index contributed by atoms with van der Waals surface area (Å²) in [4.78, 5) is 0. The molecule has 0 aromatic rings. The first-order valence-electron chi connectivity index (χ1n) is 9.98. The lowest BCUT2D eigenvalue weighted by Gasteiger charge is -2.28. The molecule has 12 heteroatoms. The molecule has 0 unspecified atom stereocenters. The van der Waals surface area contributed by atoms with E-state index in [9.17, 15) is 0 Å². The first-order chi connectivity index (χ1) is 13.6. The zero-order valence-corrected chi connectivity index (χ0v) is 23.4. The summed E-state index contributed by atoms with van der Waals surface area (Å²) in [6.45, 7) is 15.7. The normalized spacial score (nSPS) is 12.6. The van der Waals surface area contributed by atoms with Crippen LogP contribution in [0.1, 0.15) is 41.5 Å². The molecule has 0 N–H and O–H groups in total. The van der Waals surface area contributed by atoms with Crippen LogP contribution in [-0.2, 0) is 26.6 Å². The topological polar surface area (TPSA) is 55.4 Å². The summed E-state index contributed by atoms with van der Waals surface area (Å²) < 4.78 is 35.3. The molecule has 0 radical (unpaired) electrons. The summed E-state index contributed by atoms with van der Waals surface area (Å²) >= 11 is 0. The third-order valence-corrected chi connectivity index (χ3v) is 16.6. The van der Waals surface area contributed by atoms with Crippen molar-refractivity contribution < 1.29 is 26.6 Å². The van der Waals surface area contributed by atoms with E-state index in [0.717, 1.165) is 23.6 Å². The van der Waals surface area contributed by atoms with Gasteiger partial charge in [0.15, 0.2) is 0 Å². The van der Waals surface area contributed by atoms with Crippen molar-refractivity contribution >= 4 is 58.8 Å². The Morgan fingerprint density at radius 3 is 0.929 bits per heavy atom. The van der Waals surface area contributed by atoms with E-state index in [1.807, 2.05) is 63.1 Å². The van der Waals surface area contributed by atoms with Crippen LogP contribution in [-0.4, -0.2) is 68.8 Å². The van der Waals surface area contributed by atoms with E-state index < -0.39 is 17.6 Å². The zero-order chi connectivity index (χ0) is 21.1. The molecule has 0 aliphatic heterocycles. The predicted octanol–water partition coefficient (Wildman–Crippen LogP) is 5.76. The molecule has 0 aromatic heterocycles. The maximum absolute atomic E-state index is 5.88. The van der Waals surface area contributed by atoms with Gasteiger partial charge in [0, 0.05) is 63.2 Å². The fraction of sp³-hybridized carbons (Fsp3) is 1.00. The van der Waals surface area contributed by atoms with Crippen molar-refractivity contribution in [2.45, 2.75) is 53.6 Å². The molecule has 0 rings (SSSR count). The van der Waals surface area contributed by atoms with Crippen molar-refractivity contribution in [2.24, 2.45) is 0 Å².